The summed E-state index contributed by atoms with van der Waals surface area (Å²) in [5.41, 5.74) is 0.106. The minimum Gasteiger partial charge on any atom is -0.506 e. The van der Waals surface area contributed by atoms with Gasteiger partial charge in [-0.1, -0.05) is 0 Å². The van der Waals surface area contributed by atoms with E-state index < -0.39 is 39.9 Å². The van der Waals surface area contributed by atoms with Gasteiger partial charge >= 0.3 is 10.2 Å². The molecule has 0 aliphatic carbocycles. The van der Waals surface area contributed by atoms with Gasteiger partial charge in [-0.15, -0.1) is 0 Å². The maximum absolute atomic E-state index is 14.3. The first-order valence-corrected chi connectivity index (χ1v) is 8.36. The zero-order chi connectivity index (χ0) is 15.9. The summed E-state index contributed by atoms with van der Waals surface area (Å²) in [4.78, 5) is 11.2. The largest absolute Gasteiger partial charge is 0.506 e. The summed E-state index contributed by atoms with van der Waals surface area (Å²) in [5.74, 6) is -1.75. The Morgan fingerprint density at radius 1 is 1.41 bits per heavy atom. The molecule has 2 saturated heterocycles. The van der Waals surface area contributed by atoms with Crippen LogP contribution in [0.4, 0.5) is 10.1 Å². The minimum absolute atomic E-state index is 0.364. The fourth-order valence-corrected chi connectivity index (χ4v) is 4.04. The maximum Gasteiger partial charge on any atom is 0.326 e. The van der Waals surface area contributed by atoms with Gasteiger partial charge in [-0.05, 0) is 49.5 Å². The second kappa shape index (κ2) is 5.40. The van der Waals surface area contributed by atoms with Crippen LogP contribution in [0.15, 0.2) is 12.1 Å². The summed E-state index contributed by atoms with van der Waals surface area (Å²) in [6.07, 6.45) is 1.57. The Labute approximate surface area is 127 Å². The molecule has 1 aromatic carbocycles. The standard InChI is InChI=1S/C13H16FN3O4S/c14-10-4-9(3-8-1-2-15-6-8)5-11(18)13(10)17-7-12(19)16-22(17,20)21/h4-5,8,15,18H,1-3,6-7H2,(H,16,19)/t8-/m0/s1. The van der Waals surface area contributed by atoms with Gasteiger partial charge in [0.15, 0.2) is 5.82 Å². The number of rotatable bonds is 3. The van der Waals surface area contributed by atoms with E-state index in [2.05, 4.69) is 5.32 Å². The lowest BCUT2D eigenvalue weighted by atomic mass is 9.98. The van der Waals surface area contributed by atoms with Crippen LogP contribution in [-0.2, 0) is 21.4 Å². The highest BCUT2D eigenvalue weighted by Crippen LogP contribution is 2.35. The molecule has 0 saturated carbocycles. The SMILES string of the molecule is O=C1CN(c2c(O)cc(C[C@@H]3CCNC3)cc2F)S(=O)(=O)N1. The number of carbonyl (C=O) groups excluding carboxylic acids is 1. The molecule has 0 unspecified atom stereocenters. The summed E-state index contributed by atoms with van der Waals surface area (Å²) in [6, 6.07) is 2.57. The number of phenolic OH excluding ortho intramolecular Hbond substituents is 1. The molecule has 2 heterocycles. The van der Waals surface area contributed by atoms with Gasteiger partial charge in [0, 0.05) is 0 Å². The van der Waals surface area contributed by atoms with Gasteiger partial charge in [0.1, 0.15) is 18.0 Å². The van der Waals surface area contributed by atoms with Crippen molar-refractivity contribution < 1.29 is 22.7 Å². The lowest BCUT2D eigenvalue weighted by Gasteiger charge is -2.18. The quantitative estimate of drug-likeness (QED) is 0.717. The molecule has 2 aliphatic heterocycles. The van der Waals surface area contributed by atoms with E-state index in [4.69, 9.17) is 0 Å². The highest BCUT2D eigenvalue weighted by Gasteiger charge is 2.37. The van der Waals surface area contributed by atoms with Gasteiger partial charge in [-0.2, -0.15) is 8.42 Å². The number of nitrogens with zero attached hydrogens (tertiary/aromatic N) is 1. The fraction of sp³-hybridized carbons (Fsp3) is 0.462. The van der Waals surface area contributed by atoms with Gasteiger partial charge in [-0.25, -0.2) is 13.4 Å². The average molecular weight is 329 g/mol. The van der Waals surface area contributed by atoms with Crippen molar-refractivity contribution in [2.45, 2.75) is 12.8 Å². The summed E-state index contributed by atoms with van der Waals surface area (Å²) >= 11 is 0. The molecule has 7 nitrogen and oxygen atoms in total. The summed E-state index contributed by atoms with van der Waals surface area (Å²) in [6.45, 7) is 1.21. The van der Waals surface area contributed by atoms with Gasteiger partial charge < -0.3 is 10.4 Å². The molecule has 3 N–H and O–H groups in total. The molecule has 0 radical (unpaired) electrons. The van der Waals surface area contributed by atoms with Gasteiger partial charge in [0.25, 0.3) is 5.91 Å². The molecule has 2 aliphatic rings. The van der Waals surface area contributed by atoms with Crippen LogP contribution >= 0.6 is 0 Å². The zero-order valence-electron chi connectivity index (χ0n) is 11.7. The highest BCUT2D eigenvalue weighted by molar-refractivity contribution is 7.92. The fourth-order valence-electron chi connectivity index (χ4n) is 2.87. The van der Waals surface area contributed by atoms with Gasteiger partial charge in [-0.3, -0.25) is 4.79 Å². The van der Waals surface area contributed by atoms with Gasteiger partial charge in [0.2, 0.25) is 0 Å². The average Bonchev–Trinajstić information content (AvgIpc) is 2.97. The van der Waals surface area contributed by atoms with Crippen LogP contribution in [0.5, 0.6) is 5.75 Å². The maximum atomic E-state index is 14.3. The smallest absolute Gasteiger partial charge is 0.326 e. The van der Waals surface area contributed by atoms with Crippen molar-refractivity contribution in [1.82, 2.24) is 10.0 Å². The second-order valence-corrected chi connectivity index (χ2v) is 7.14. The third-order valence-corrected chi connectivity index (χ3v) is 5.24. The van der Waals surface area contributed by atoms with Crippen LogP contribution in [0.2, 0.25) is 0 Å². The third kappa shape index (κ3) is 2.73. The number of halogens is 1. The molecule has 2 fully saturated rings. The number of nitrogens with one attached hydrogen (secondary N) is 2. The van der Waals surface area contributed by atoms with Gasteiger partial charge in [0.05, 0.1) is 0 Å². The molecule has 3 rings (SSSR count). The van der Waals surface area contributed by atoms with Crippen molar-refractivity contribution in [1.29, 1.82) is 0 Å². The Balaban J connectivity index is 1.91. The van der Waals surface area contributed by atoms with Crippen molar-refractivity contribution >= 4 is 21.8 Å². The Kier molecular flexibility index (Phi) is 3.69. The second-order valence-electron chi connectivity index (χ2n) is 5.55. The molecule has 0 bridgehead atoms. The predicted octanol–water partition coefficient (Wildman–Crippen LogP) is -0.136. The topological polar surface area (TPSA) is 98.7 Å². The van der Waals surface area contributed by atoms with Crippen molar-refractivity contribution in [3.63, 3.8) is 0 Å². The number of carbonyl (C=O) groups is 1. The molecule has 1 amide bonds. The first-order valence-electron chi connectivity index (χ1n) is 6.92. The van der Waals surface area contributed by atoms with Crippen molar-refractivity contribution in [3.8, 4) is 5.75 Å². The van der Waals surface area contributed by atoms with Crippen LogP contribution < -0.4 is 14.3 Å². The Morgan fingerprint density at radius 2 is 2.18 bits per heavy atom. The molecule has 0 spiro atoms. The van der Waals surface area contributed by atoms with Crippen molar-refractivity contribution in [2.24, 2.45) is 5.92 Å². The number of aromatic hydroxyl groups is 1. The van der Waals surface area contributed by atoms with E-state index in [1.54, 1.807) is 4.72 Å². The molecule has 22 heavy (non-hydrogen) atoms. The van der Waals surface area contributed by atoms with Crippen LogP contribution in [-0.4, -0.2) is 39.1 Å². The number of hydrogen-bond donors (Lipinski definition) is 3. The lowest BCUT2D eigenvalue weighted by molar-refractivity contribution is -0.117. The van der Waals surface area contributed by atoms with E-state index in [0.717, 1.165) is 19.5 Å². The first-order chi connectivity index (χ1) is 10.4. The number of benzene rings is 1. The minimum atomic E-state index is -4.15. The molecular weight excluding hydrogens is 313 g/mol. The van der Waals surface area contributed by atoms with E-state index in [1.165, 1.54) is 12.1 Å². The Hall–Kier alpha value is -1.87. The zero-order valence-corrected chi connectivity index (χ0v) is 12.5. The molecule has 0 aromatic heterocycles. The molecular formula is C13H16FN3O4S. The van der Waals surface area contributed by atoms with E-state index in [1.807, 2.05) is 0 Å². The monoisotopic (exact) mass is 329 g/mol. The lowest BCUT2D eigenvalue weighted by Crippen LogP contribution is -2.30. The number of hydrogen-bond acceptors (Lipinski definition) is 5. The van der Waals surface area contributed by atoms with E-state index in [9.17, 15) is 22.7 Å². The van der Waals surface area contributed by atoms with Crippen LogP contribution in [0.1, 0.15) is 12.0 Å². The highest BCUT2D eigenvalue weighted by atomic mass is 32.2. The first kappa shape index (κ1) is 15.0. The Morgan fingerprint density at radius 3 is 2.73 bits per heavy atom. The molecule has 1 atom stereocenters. The van der Waals surface area contributed by atoms with Crippen LogP contribution in [0.25, 0.3) is 0 Å². The predicted molar refractivity (Wildman–Crippen MR) is 77.2 cm³/mol. The summed E-state index contributed by atoms with van der Waals surface area (Å²) < 4.78 is 40.1. The number of anilines is 1. The number of phenols is 1. The summed E-state index contributed by atoms with van der Waals surface area (Å²) in [5, 5.41) is 13.2. The molecule has 9 heteroatoms. The molecule has 1 aromatic rings. The normalized spacial score (nSPS) is 23.8. The van der Waals surface area contributed by atoms with E-state index >= 15 is 0 Å². The van der Waals surface area contributed by atoms with Crippen LogP contribution in [0, 0.1) is 11.7 Å². The Bertz CT molecular complexity index is 693. The van der Waals surface area contributed by atoms with E-state index in [0.29, 0.717) is 22.2 Å². The van der Waals surface area contributed by atoms with Crippen LogP contribution in [0.3, 0.4) is 0 Å². The number of amides is 1. The summed E-state index contributed by atoms with van der Waals surface area (Å²) in [7, 11) is -4.15. The molecule has 120 valence electrons. The third-order valence-electron chi connectivity index (χ3n) is 3.86. The van der Waals surface area contributed by atoms with E-state index in [-0.39, 0.29) is 0 Å². The van der Waals surface area contributed by atoms with Crippen molar-refractivity contribution in [3.05, 3.63) is 23.5 Å². The van der Waals surface area contributed by atoms with Crippen molar-refractivity contribution in [2.75, 3.05) is 23.9 Å².